The minimum absolute atomic E-state index is 0.0718. The molecule has 1 atom stereocenters. The van der Waals surface area contributed by atoms with Gasteiger partial charge in [0.05, 0.1) is 5.56 Å². The van der Waals surface area contributed by atoms with Gasteiger partial charge in [0, 0.05) is 18.5 Å². The Morgan fingerprint density at radius 3 is 3.09 bits per heavy atom. The second kappa shape index (κ2) is 3.11. The summed E-state index contributed by atoms with van der Waals surface area (Å²) in [5.41, 5.74) is 0.288. The molecule has 3 heteroatoms. The minimum atomic E-state index is -0.326. The number of aromatic amines is 1. The van der Waals surface area contributed by atoms with Crippen molar-refractivity contribution in [2.75, 3.05) is 0 Å². The van der Waals surface area contributed by atoms with Crippen molar-refractivity contribution in [3.8, 4) is 12.3 Å². The van der Waals surface area contributed by atoms with Crippen LogP contribution in [0.4, 0.5) is 0 Å². The van der Waals surface area contributed by atoms with Crippen LogP contribution < -0.4 is 5.63 Å². The Morgan fingerprint density at radius 1 is 1.91 bits per heavy atom. The van der Waals surface area contributed by atoms with Crippen LogP contribution in [0.5, 0.6) is 0 Å². The van der Waals surface area contributed by atoms with Crippen LogP contribution in [0, 0.1) is 12.3 Å². The molecule has 0 fully saturated rings. The molecule has 0 radical (unpaired) electrons. The van der Waals surface area contributed by atoms with Gasteiger partial charge in [-0.1, -0.05) is 6.92 Å². The highest BCUT2D eigenvalue weighted by molar-refractivity contribution is 5.10. The van der Waals surface area contributed by atoms with Gasteiger partial charge in [0.25, 0.3) is 0 Å². The normalized spacial score (nSPS) is 12.4. The van der Waals surface area contributed by atoms with E-state index in [4.69, 9.17) is 6.42 Å². The van der Waals surface area contributed by atoms with Gasteiger partial charge in [0.2, 0.25) is 0 Å². The summed E-state index contributed by atoms with van der Waals surface area (Å²) in [6.07, 6.45) is 7.20. The minimum Gasteiger partial charge on any atom is -0.339 e. The van der Waals surface area contributed by atoms with Crippen molar-refractivity contribution in [3.05, 3.63) is 22.2 Å². The Hall–Kier alpha value is -1.43. The van der Waals surface area contributed by atoms with E-state index in [1.807, 2.05) is 6.92 Å². The maximum absolute atomic E-state index is 10.9. The fourth-order valence-electron chi connectivity index (χ4n) is 0.894. The summed E-state index contributed by atoms with van der Waals surface area (Å²) in [5.74, 6) is 2.56. The Bertz CT molecular complexity index is 315. The van der Waals surface area contributed by atoms with Gasteiger partial charge in [-0.25, -0.2) is 9.95 Å². The van der Waals surface area contributed by atoms with E-state index in [1.54, 1.807) is 6.20 Å². The molecule has 1 N–H and O–H groups in total. The first-order valence-electron chi connectivity index (χ1n) is 3.36. The summed E-state index contributed by atoms with van der Waals surface area (Å²) in [6.45, 7) is 1.89. The van der Waals surface area contributed by atoms with Gasteiger partial charge in [-0.15, -0.1) is 12.3 Å². The van der Waals surface area contributed by atoms with Crippen LogP contribution in [-0.4, -0.2) is 5.16 Å². The van der Waals surface area contributed by atoms with Gasteiger partial charge in [0.15, 0.2) is 0 Å². The summed E-state index contributed by atoms with van der Waals surface area (Å²) >= 11 is 0. The second-order valence-electron chi connectivity index (χ2n) is 2.42. The SMILES string of the molecule is C#CCC(C)c1c[nH]oc1=O. The molecule has 0 aliphatic carbocycles. The third kappa shape index (κ3) is 1.53. The summed E-state index contributed by atoms with van der Waals surface area (Å²) in [4.78, 5) is 10.9. The molecule has 0 amide bonds. The number of aromatic nitrogens is 1. The molecular weight excluding hydrogens is 142 g/mol. The van der Waals surface area contributed by atoms with Crippen LogP contribution in [0.25, 0.3) is 0 Å². The Labute approximate surface area is 64.4 Å². The maximum atomic E-state index is 10.9. The summed E-state index contributed by atoms with van der Waals surface area (Å²) < 4.78 is 4.48. The average Bonchev–Trinajstić information content (AvgIpc) is 2.36. The van der Waals surface area contributed by atoms with Crippen molar-refractivity contribution < 1.29 is 4.52 Å². The van der Waals surface area contributed by atoms with Gasteiger partial charge in [-0.05, 0) is 0 Å². The van der Waals surface area contributed by atoms with E-state index in [-0.39, 0.29) is 11.5 Å². The Kier molecular flexibility index (Phi) is 2.17. The lowest BCUT2D eigenvalue weighted by molar-refractivity contribution is 0.389. The van der Waals surface area contributed by atoms with E-state index in [2.05, 4.69) is 15.6 Å². The molecule has 0 bridgehead atoms. The zero-order valence-electron chi connectivity index (χ0n) is 6.26. The molecule has 11 heavy (non-hydrogen) atoms. The van der Waals surface area contributed by atoms with Crippen LogP contribution in [-0.2, 0) is 0 Å². The number of nitrogens with one attached hydrogen (secondary N) is 1. The summed E-state index contributed by atoms with van der Waals surface area (Å²) in [5, 5.41) is 2.38. The monoisotopic (exact) mass is 151 g/mol. The van der Waals surface area contributed by atoms with Gasteiger partial charge in [-0.3, -0.25) is 0 Å². The predicted molar refractivity (Wildman–Crippen MR) is 41.2 cm³/mol. The smallest absolute Gasteiger partial charge is 0.339 e. The molecule has 0 aromatic carbocycles. The lowest BCUT2D eigenvalue weighted by Gasteiger charge is -1.99. The van der Waals surface area contributed by atoms with Crippen LogP contribution in [0.3, 0.4) is 0 Å². The third-order valence-electron chi connectivity index (χ3n) is 1.56. The highest BCUT2D eigenvalue weighted by Gasteiger charge is 2.09. The number of hydrogen-bond acceptors (Lipinski definition) is 2. The first-order valence-corrected chi connectivity index (χ1v) is 3.36. The molecule has 1 rings (SSSR count). The van der Waals surface area contributed by atoms with E-state index in [1.165, 1.54) is 0 Å². The van der Waals surface area contributed by atoms with Crippen LogP contribution in [0.2, 0.25) is 0 Å². The largest absolute Gasteiger partial charge is 0.360 e. The van der Waals surface area contributed by atoms with Crippen LogP contribution in [0.1, 0.15) is 24.8 Å². The predicted octanol–water partition coefficient (Wildman–Crippen LogP) is 1.09. The van der Waals surface area contributed by atoms with E-state index in [0.717, 1.165) is 0 Å². The molecular formula is C8H9NO2. The van der Waals surface area contributed by atoms with Gasteiger partial charge < -0.3 is 4.52 Å². The quantitative estimate of drug-likeness (QED) is 0.643. The lowest BCUT2D eigenvalue weighted by Crippen LogP contribution is -2.04. The third-order valence-corrected chi connectivity index (χ3v) is 1.56. The van der Waals surface area contributed by atoms with Crippen molar-refractivity contribution in [2.24, 2.45) is 0 Å². The van der Waals surface area contributed by atoms with E-state index in [0.29, 0.717) is 12.0 Å². The second-order valence-corrected chi connectivity index (χ2v) is 2.42. The van der Waals surface area contributed by atoms with E-state index < -0.39 is 0 Å². The van der Waals surface area contributed by atoms with Crippen LogP contribution >= 0.6 is 0 Å². The molecule has 0 aliphatic heterocycles. The molecule has 0 saturated carbocycles. The Morgan fingerprint density at radius 2 is 2.64 bits per heavy atom. The molecule has 1 heterocycles. The topological polar surface area (TPSA) is 46.0 Å². The number of hydrogen-bond donors (Lipinski definition) is 1. The van der Waals surface area contributed by atoms with E-state index >= 15 is 0 Å². The van der Waals surface area contributed by atoms with Gasteiger partial charge in [0.1, 0.15) is 0 Å². The highest BCUT2D eigenvalue weighted by atomic mass is 16.5. The average molecular weight is 151 g/mol. The molecule has 3 nitrogen and oxygen atoms in total. The maximum Gasteiger partial charge on any atom is 0.360 e. The fraction of sp³-hybridized carbons (Fsp3) is 0.375. The summed E-state index contributed by atoms with van der Waals surface area (Å²) in [7, 11) is 0. The van der Waals surface area contributed by atoms with Gasteiger partial charge in [-0.2, -0.15) is 0 Å². The summed E-state index contributed by atoms with van der Waals surface area (Å²) in [6, 6.07) is 0. The number of terminal acetylenes is 1. The molecule has 0 spiro atoms. The number of rotatable bonds is 2. The van der Waals surface area contributed by atoms with Crippen molar-refractivity contribution in [2.45, 2.75) is 19.3 Å². The van der Waals surface area contributed by atoms with Crippen molar-refractivity contribution >= 4 is 0 Å². The highest BCUT2D eigenvalue weighted by Crippen LogP contribution is 2.12. The fourth-order valence-corrected chi connectivity index (χ4v) is 0.894. The standard InChI is InChI=1S/C8H9NO2/c1-3-4-6(2)7-5-9-11-8(7)10/h1,5-6,9H,4H2,2H3. The molecule has 1 unspecified atom stereocenters. The van der Waals surface area contributed by atoms with E-state index in [9.17, 15) is 4.79 Å². The lowest BCUT2D eigenvalue weighted by atomic mass is 10.0. The van der Waals surface area contributed by atoms with Crippen molar-refractivity contribution in [3.63, 3.8) is 0 Å². The molecule has 0 saturated heterocycles. The van der Waals surface area contributed by atoms with Crippen molar-refractivity contribution in [1.82, 2.24) is 5.16 Å². The van der Waals surface area contributed by atoms with Crippen LogP contribution in [0.15, 0.2) is 15.5 Å². The first kappa shape index (κ1) is 7.67. The molecule has 1 aromatic heterocycles. The Balaban J connectivity index is 2.86. The number of H-pyrrole nitrogens is 1. The van der Waals surface area contributed by atoms with Gasteiger partial charge >= 0.3 is 5.63 Å². The zero-order chi connectivity index (χ0) is 8.27. The molecule has 58 valence electrons. The van der Waals surface area contributed by atoms with Crippen molar-refractivity contribution in [1.29, 1.82) is 0 Å². The molecule has 0 aliphatic rings. The molecule has 1 aromatic rings. The first-order chi connectivity index (χ1) is 5.25. The zero-order valence-corrected chi connectivity index (χ0v) is 6.26.